The first-order valence-corrected chi connectivity index (χ1v) is 36.8. The summed E-state index contributed by atoms with van der Waals surface area (Å²) in [6.45, 7) is 4.51. The van der Waals surface area contributed by atoms with Gasteiger partial charge in [-0.15, -0.1) is 0 Å². The van der Waals surface area contributed by atoms with E-state index in [1.54, 1.807) is 0 Å². The minimum Gasteiger partial charge on any atom is -0.462 e. The lowest BCUT2D eigenvalue weighted by Gasteiger charge is -2.24. The number of rotatable bonds is 67. The average Bonchev–Trinajstić information content (AvgIpc) is 3.41. The Morgan fingerprint density at radius 2 is 0.570 bits per heavy atom. The van der Waals surface area contributed by atoms with Gasteiger partial charge in [0.15, 0.2) is 6.10 Å². The van der Waals surface area contributed by atoms with Crippen molar-refractivity contribution in [2.24, 2.45) is 0 Å². The first-order valence-electron chi connectivity index (χ1n) is 35.3. The van der Waals surface area contributed by atoms with Gasteiger partial charge in [-0.05, 0) is 12.8 Å². The number of nitrogens with zero attached hydrogens (tertiary/aromatic N) is 1. The number of unbranched alkanes of at least 4 members (excludes halogenated alkanes) is 53. The SMILES string of the molecule is CCCCCCCCCCCCCCCCCCCCCCCCCCCCCCCCCCCCCCCCCCC(=O)OC(COC(=O)CCCCCCCCCCCCCCCCC)COP(=O)(O)OCC[N+](C)(C)C. The summed E-state index contributed by atoms with van der Waals surface area (Å²) in [5, 5.41) is 0. The second-order valence-electron chi connectivity index (χ2n) is 25.6. The Bertz CT molecular complexity index is 1290. The van der Waals surface area contributed by atoms with Crippen LogP contribution in [0.5, 0.6) is 0 Å². The molecule has 79 heavy (non-hydrogen) atoms. The van der Waals surface area contributed by atoms with E-state index in [0.717, 1.165) is 38.5 Å². The predicted molar refractivity (Wildman–Crippen MR) is 340 cm³/mol. The van der Waals surface area contributed by atoms with E-state index < -0.39 is 26.5 Å². The lowest BCUT2D eigenvalue weighted by molar-refractivity contribution is -0.870. The fourth-order valence-corrected chi connectivity index (χ4v) is 11.7. The van der Waals surface area contributed by atoms with Crippen LogP contribution in [0.3, 0.4) is 0 Å². The zero-order chi connectivity index (χ0) is 57.7. The van der Waals surface area contributed by atoms with E-state index in [2.05, 4.69) is 13.8 Å². The summed E-state index contributed by atoms with van der Waals surface area (Å²) in [5.74, 6) is -0.772. The smallest absolute Gasteiger partial charge is 0.462 e. The molecule has 0 aromatic carbocycles. The molecule has 0 aliphatic heterocycles. The monoisotopic (exact) mass is 1140 g/mol. The molecule has 0 saturated heterocycles. The molecule has 0 radical (unpaired) electrons. The molecule has 0 heterocycles. The van der Waals surface area contributed by atoms with Crippen LogP contribution in [0.25, 0.3) is 0 Å². The highest BCUT2D eigenvalue weighted by Crippen LogP contribution is 2.43. The average molecular weight is 1140 g/mol. The first kappa shape index (κ1) is 78.0. The number of esters is 2. The van der Waals surface area contributed by atoms with Crippen molar-refractivity contribution in [3.8, 4) is 0 Å². The molecule has 472 valence electrons. The maximum absolute atomic E-state index is 12.8. The van der Waals surface area contributed by atoms with Crippen molar-refractivity contribution in [3.05, 3.63) is 0 Å². The maximum Gasteiger partial charge on any atom is 0.472 e. The number of likely N-dealkylation sites (N-methyl/N-ethyl adjacent to an activating group) is 1. The van der Waals surface area contributed by atoms with Crippen LogP contribution >= 0.6 is 7.82 Å². The standard InChI is InChI=1S/C69H138NO8P/c1-6-8-10-12-14-16-18-20-22-23-24-25-26-27-28-29-30-31-32-33-34-35-36-37-38-39-40-41-42-43-44-45-46-48-50-52-54-56-58-60-62-69(72)78-67(66-77-79(73,74)76-64-63-70(3,4)5)65-75-68(71)61-59-57-55-53-51-49-47-21-19-17-15-13-11-9-7-2/h67H,6-66H2,1-5H3/p+1. The summed E-state index contributed by atoms with van der Waals surface area (Å²) in [6, 6.07) is 0. The Morgan fingerprint density at radius 3 is 0.810 bits per heavy atom. The Balaban J connectivity index is 3.81. The van der Waals surface area contributed by atoms with Gasteiger partial charge >= 0.3 is 19.8 Å². The minimum atomic E-state index is -4.38. The first-order chi connectivity index (χ1) is 38.5. The number of quaternary nitrogens is 1. The van der Waals surface area contributed by atoms with Crippen LogP contribution in [0.1, 0.15) is 380 Å². The molecule has 2 atom stereocenters. The van der Waals surface area contributed by atoms with E-state index in [4.69, 9.17) is 18.5 Å². The zero-order valence-corrected chi connectivity index (χ0v) is 54.8. The summed E-state index contributed by atoms with van der Waals surface area (Å²) >= 11 is 0. The molecule has 0 aliphatic carbocycles. The van der Waals surface area contributed by atoms with Crippen LogP contribution < -0.4 is 0 Å². The molecule has 10 heteroatoms. The minimum absolute atomic E-state index is 0.0375. The lowest BCUT2D eigenvalue weighted by atomic mass is 10.0. The van der Waals surface area contributed by atoms with Gasteiger partial charge in [0.05, 0.1) is 27.7 Å². The summed E-state index contributed by atoms with van der Waals surface area (Å²) in [5.41, 5.74) is 0. The fraction of sp³-hybridized carbons (Fsp3) is 0.971. The fourth-order valence-electron chi connectivity index (χ4n) is 11.0. The highest BCUT2D eigenvalue weighted by atomic mass is 31.2. The van der Waals surface area contributed by atoms with E-state index in [1.807, 2.05) is 21.1 Å². The molecule has 0 saturated carbocycles. The van der Waals surface area contributed by atoms with Gasteiger partial charge in [0.1, 0.15) is 19.8 Å². The summed E-state index contributed by atoms with van der Waals surface area (Å²) < 4.78 is 34.6. The van der Waals surface area contributed by atoms with E-state index >= 15 is 0 Å². The highest BCUT2D eigenvalue weighted by Gasteiger charge is 2.27. The molecular formula is C69H139NO8P+. The predicted octanol–water partition coefficient (Wildman–Crippen LogP) is 22.6. The molecule has 0 spiro atoms. The van der Waals surface area contributed by atoms with Crippen molar-refractivity contribution in [2.45, 2.75) is 386 Å². The van der Waals surface area contributed by atoms with E-state index in [0.29, 0.717) is 17.4 Å². The normalized spacial score (nSPS) is 13.0. The van der Waals surface area contributed by atoms with Crippen molar-refractivity contribution in [1.82, 2.24) is 0 Å². The van der Waals surface area contributed by atoms with Gasteiger partial charge in [-0.2, -0.15) is 0 Å². The summed E-state index contributed by atoms with van der Waals surface area (Å²) in [4.78, 5) is 35.7. The van der Waals surface area contributed by atoms with Crippen LogP contribution in [0.4, 0.5) is 0 Å². The van der Waals surface area contributed by atoms with Crippen LogP contribution in [-0.4, -0.2) is 74.9 Å². The van der Waals surface area contributed by atoms with Crippen LogP contribution in [0.15, 0.2) is 0 Å². The molecule has 9 nitrogen and oxygen atoms in total. The molecule has 0 aromatic rings. The number of carbonyl (C=O) groups is 2. The zero-order valence-electron chi connectivity index (χ0n) is 53.9. The Labute approximate surface area is 493 Å². The van der Waals surface area contributed by atoms with Gasteiger partial charge in [-0.1, -0.05) is 354 Å². The Hall–Kier alpha value is -0.990. The van der Waals surface area contributed by atoms with Crippen molar-refractivity contribution in [1.29, 1.82) is 0 Å². The third-order valence-electron chi connectivity index (χ3n) is 16.4. The van der Waals surface area contributed by atoms with Crippen molar-refractivity contribution >= 4 is 19.8 Å². The van der Waals surface area contributed by atoms with Crippen LogP contribution in [0.2, 0.25) is 0 Å². The van der Waals surface area contributed by atoms with E-state index in [-0.39, 0.29) is 25.6 Å². The molecule has 0 rings (SSSR count). The second kappa shape index (κ2) is 61.6. The molecule has 0 bridgehead atoms. The quantitative estimate of drug-likeness (QED) is 0.0278. The summed E-state index contributed by atoms with van der Waals surface area (Å²) in [6.07, 6.45) is 73.8. The van der Waals surface area contributed by atoms with Gasteiger partial charge in [0.25, 0.3) is 0 Å². The van der Waals surface area contributed by atoms with Gasteiger partial charge in [-0.3, -0.25) is 18.6 Å². The molecule has 1 N–H and O–H groups in total. The molecule has 0 aromatic heterocycles. The number of carbonyl (C=O) groups excluding carboxylic acids is 2. The van der Waals surface area contributed by atoms with Crippen molar-refractivity contribution in [3.63, 3.8) is 0 Å². The maximum atomic E-state index is 12.8. The number of hydrogen-bond donors (Lipinski definition) is 1. The van der Waals surface area contributed by atoms with E-state index in [9.17, 15) is 19.0 Å². The highest BCUT2D eigenvalue weighted by molar-refractivity contribution is 7.47. The topological polar surface area (TPSA) is 108 Å². The third-order valence-corrected chi connectivity index (χ3v) is 17.4. The molecular weight excluding hydrogens is 1000 g/mol. The Morgan fingerprint density at radius 1 is 0.342 bits per heavy atom. The number of hydrogen-bond acceptors (Lipinski definition) is 7. The number of phosphoric ester groups is 1. The Kier molecular flexibility index (Phi) is 60.8. The number of phosphoric acid groups is 1. The lowest BCUT2D eigenvalue weighted by Crippen LogP contribution is -2.37. The number of ether oxygens (including phenoxy) is 2. The summed E-state index contributed by atoms with van der Waals surface area (Å²) in [7, 11) is 1.50. The van der Waals surface area contributed by atoms with Gasteiger partial charge < -0.3 is 18.9 Å². The second-order valence-corrected chi connectivity index (χ2v) is 27.1. The van der Waals surface area contributed by atoms with E-state index in [1.165, 1.54) is 315 Å². The van der Waals surface area contributed by atoms with Crippen molar-refractivity contribution < 1.29 is 42.1 Å². The van der Waals surface area contributed by atoms with Crippen LogP contribution in [-0.2, 0) is 32.7 Å². The molecule has 2 unspecified atom stereocenters. The molecule has 0 amide bonds. The van der Waals surface area contributed by atoms with Gasteiger partial charge in [0.2, 0.25) is 0 Å². The molecule has 0 fully saturated rings. The van der Waals surface area contributed by atoms with Crippen LogP contribution in [0, 0.1) is 0 Å². The van der Waals surface area contributed by atoms with Crippen molar-refractivity contribution in [2.75, 3.05) is 47.5 Å². The van der Waals surface area contributed by atoms with Gasteiger partial charge in [0, 0.05) is 12.8 Å². The molecule has 0 aliphatic rings. The third kappa shape index (κ3) is 66.0. The van der Waals surface area contributed by atoms with Gasteiger partial charge in [-0.25, -0.2) is 4.57 Å². The largest absolute Gasteiger partial charge is 0.472 e.